The van der Waals surface area contributed by atoms with Crippen molar-refractivity contribution in [2.45, 2.75) is 57.5 Å². The van der Waals surface area contributed by atoms with E-state index in [0.717, 1.165) is 11.8 Å². The Morgan fingerprint density at radius 1 is 1.29 bits per heavy atom. The quantitative estimate of drug-likeness (QED) is 0.665. The lowest BCUT2D eigenvalue weighted by Crippen LogP contribution is -2.20. The maximum Gasteiger partial charge on any atom is 0.108 e. The Morgan fingerprint density at radius 3 is 2.36 bits per heavy atom. The highest BCUT2D eigenvalue weighted by molar-refractivity contribution is 8.29. The van der Waals surface area contributed by atoms with Gasteiger partial charge in [-0.2, -0.15) is 11.2 Å². The fraction of sp³-hybridized carbons (Fsp3) is 0.909. The molecule has 82 valence electrons. The van der Waals surface area contributed by atoms with Crippen LogP contribution in [0.15, 0.2) is 4.99 Å². The molecule has 1 atom stereocenters. The van der Waals surface area contributed by atoms with Crippen molar-refractivity contribution in [3.8, 4) is 0 Å². The van der Waals surface area contributed by atoms with Crippen molar-refractivity contribution in [1.29, 1.82) is 0 Å². The van der Waals surface area contributed by atoms with Gasteiger partial charge in [0.25, 0.3) is 0 Å². The Hall–Kier alpha value is 0.237. The molecule has 3 heteroatoms. The molecule has 1 rings (SSSR count). The minimum atomic E-state index is -0.950. The number of aliphatic imine (C=N–C) groups is 1. The van der Waals surface area contributed by atoms with E-state index >= 15 is 0 Å². The van der Waals surface area contributed by atoms with Crippen molar-refractivity contribution in [3.05, 3.63) is 0 Å². The normalized spacial score (nSPS) is 19.9. The molecule has 0 aromatic carbocycles. The van der Waals surface area contributed by atoms with Gasteiger partial charge in [-0.3, -0.25) is 4.99 Å². The molecule has 0 aliphatic heterocycles. The van der Waals surface area contributed by atoms with Crippen LogP contribution in [0, 0.1) is 0 Å². The van der Waals surface area contributed by atoms with E-state index in [0.29, 0.717) is 0 Å². The number of nitrogens with zero attached hydrogens (tertiary/aromatic N) is 1. The van der Waals surface area contributed by atoms with Crippen LogP contribution < -0.4 is 0 Å². The summed E-state index contributed by atoms with van der Waals surface area (Å²) in [5, 5.41) is 0.717. The summed E-state index contributed by atoms with van der Waals surface area (Å²) in [7, 11) is -0.950. The Morgan fingerprint density at radius 2 is 1.86 bits per heavy atom. The zero-order valence-corrected chi connectivity index (χ0v) is 11.8. The van der Waals surface area contributed by atoms with Crippen molar-refractivity contribution < 1.29 is 0 Å². The lowest BCUT2D eigenvalue weighted by molar-refractivity contribution is 0.886. The van der Waals surface area contributed by atoms with Crippen LogP contribution in [0.4, 0.5) is 0 Å². The molecular weight excluding hydrogens is 206 g/mol. The Labute approximate surface area is 93.4 Å². The fourth-order valence-electron chi connectivity index (χ4n) is 1.84. The standard InChI is InChI=1S/C11H23NSSi/c1-10(13-14(2,3)4)9-12-11-7-5-6-8-11/h10H,5-9H2,1-4H3. The molecule has 0 N–H and O–H groups in total. The fourth-order valence-corrected chi connectivity index (χ4v) is 7.04. The molecule has 0 amide bonds. The van der Waals surface area contributed by atoms with Gasteiger partial charge in [-0.1, -0.05) is 26.6 Å². The van der Waals surface area contributed by atoms with Gasteiger partial charge in [-0.05, 0) is 25.7 Å². The van der Waals surface area contributed by atoms with Crippen LogP contribution in [0.3, 0.4) is 0 Å². The van der Waals surface area contributed by atoms with Crippen molar-refractivity contribution >= 4 is 24.1 Å². The van der Waals surface area contributed by atoms with Gasteiger partial charge in [0.1, 0.15) is 7.22 Å². The van der Waals surface area contributed by atoms with Crippen LogP contribution in [-0.4, -0.2) is 24.7 Å². The van der Waals surface area contributed by atoms with Gasteiger partial charge in [0, 0.05) is 17.5 Å². The molecule has 1 aliphatic carbocycles. The molecule has 14 heavy (non-hydrogen) atoms. The van der Waals surface area contributed by atoms with E-state index in [1.165, 1.54) is 31.4 Å². The summed E-state index contributed by atoms with van der Waals surface area (Å²) in [5.41, 5.74) is 1.48. The van der Waals surface area contributed by atoms with Gasteiger partial charge in [-0.15, -0.1) is 0 Å². The highest BCUT2D eigenvalue weighted by Gasteiger charge is 2.18. The van der Waals surface area contributed by atoms with Crippen molar-refractivity contribution in [1.82, 2.24) is 0 Å². The summed E-state index contributed by atoms with van der Waals surface area (Å²) >= 11 is 2.17. The summed E-state index contributed by atoms with van der Waals surface area (Å²) in [4.78, 5) is 4.73. The molecular formula is C11H23NSSi. The zero-order chi connectivity index (χ0) is 10.6. The van der Waals surface area contributed by atoms with E-state index in [4.69, 9.17) is 4.99 Å². The van der Waals surface area contributed by atoms with E-state index < -0.39 is 7.22 Å². The van der Waals surface area contributed by atoms with Crippen molar-refractivity contribution in [2.24, 2.45) is 4.99 Å². The first-order valence-corrected chi connectivity index (χ1v) is 10.8. The van der Waals surface area contributed by atoms with E-state index in [1.807, 2.05) is 0 Å². The molecule has 0 spiro atoms. The lowest BCUT2D eigenvalue weighted by Gasteiger charge is -2.19. The van der Waals surface area contributed by atoms with Crippen LogP contribution in [0.25, 0.3) is 0 Å². The predicted octanol–water partition coefficient (Wildman–Crippen LogP) is 3.96. The van der Waals surface area contributed by atoms with Gasteiger partial charge in [0.05, 0.1) is 0 Å². The maximum absolute atomic E-state index is 4.73. The van der Waals surface area contributed by atoms with Crippen LogP contribution in [0.2, 0.25) is 19.6 Å². The Kier molecular flexibility index (Phi) is 4.71. The van der Waals surface area contributed by atoms with Crippen LogP contribution in [0.1, 0.15) is 32.6 Å². The topological polar surface area (TPSA) is 12.4 Å². The number of hydrogen-bond acceptors (Lipinski definition) is 2. The average Bonchev–Trinajstić information content (AvgIpc) is 2.49. The highest BCUT2D eigenvalue weighted by atomic mass is 32.4. The molecule has 0 bridgehead atoms. The van der Waals surface area contributed by atoms with Crippen molar-refractivity contribution in [3.63, 3.8) is 0 Å². The Bertz CT molecular complexity index is 200. The highest BCUT2D eigenvalue weighted by Crippen LogP contribution is 2.25. The first-order chi connectivity index (χ1) is 6.47. The summed E-state index contributed by atoms with van der Waals surface area (Å²) < 4.78 is 0. The second kappa shape index (κ2) is 5.36. The van der Waals surface area contributed by atoms with Gasteiger partial charge >= 0.3 is 0 Å². The Balaban J connectivity index is 2.26. The van der Waals surface area contributed by atoms with Crippen LogP contribution >= 0.6 is 11.2 Å². The summed E-state index contributed by atoms with van der Waals surface area (Å²) in [6.07, 6.45) is 5.28. The number of rotatable bonds is 4. The van der Waals surface area contributed by atoms with E-state index in [1.54, 1.807) is 0 Å². The second-order valence-corrected chi connectivity index (χ2v) is 14.8. The van der Waals surface area contributed by atoms with E-state index in [2.05, 4.69) is 37.8 Å². The largest absolute Gasteiger partial charge is 0.293 e. The molecule has 1 saturated carbocycles. The molecule has 0 saturated heterocycles. The van der Waals surface area contributed by atoms with Gasteiger partial charge < -0.3 is 0 Å². The SMILES string of the molecule is CC(CN=C1CCCC1)S[Si](C)(C)C. The van der Waals surface area contributed by atoms with Crippen LogP contribution in [-0.2, 0) is 0 Å². The van der Waals surface area contributed by atoms with Crippen LogP contribution in [0.5, 0.6) is 0 Å². The van der Waals surface area contributed by atoms with E-state index in [-0.39, 0.29) is 0 Å². The summed E-state index contributed by atoms with van der Waals surface area (Å²) in [6.45, 7) is 10.6. The van der Waals surface area contributed by atoms with Gasteiger partial charge in [0.2, 0.25) is 0 Å². The third-order valence-electron chi connectivity index (χ3n) is 2.31. The van der Waals surface area contributed by atoms with Gasteiger partial charge in [-0.25, -0.2) is 0 Å². The zero-order valence-electron chi connectivity index (χ0n) is 9.97. The minimum absolute atomic E-state index is 0.717. The average molecular weight is 229 g/mol. The van der Waals surface area contributed by atoms with Crippen molar-refractivity contribution in [2.75, 3.05) is 6.54 Å². The first-order valence-electron chi connectivity index (χ1n) is 5.67. The smallest absolute Gasteiger partial charge is 0.108 e. The molecule has 0 aromatic heterocycles. The second-order valence-electron chi connectivity index (χ2n) is 5.15. The third kappa shape index (κ3) is 5.20. The molecule has 0 heterocycles. The summed E-state index contributed by atoms with van der Waals surface area (Å²) in [5.74, 6) is 0. The predicted molar refractivity (Wildman–Crippen MR) is 71.2 cm³/mol. The minimum Gasteiger partial charge on any atom is -0.293 e. The van der Waals surface area contributed by atoms with E-state index in [9.17, 15) is 0 Å². The maximum atomic E-state index is 4.73. The molecule has 0 radical (unpaired) electrons. The summed E-state index contributed by atoms with van der Waals surface area (Å²) in [6, 6.07) is 0. The third-order valence-corrected chi connectivity index (χ3v) is 6.89. The number of hydrogen-bond donors (Lipinski definition) is 0. The molecule has 1 nitrogen and oxygen atoms in total. The molecule has 0 aromatic rings. The molecule has 1 unspecified atom stereocenters. The molecule has 1 fully saturated rings. The lowest BCUT2D eigenvalue weighted by atomic mass is 10.3. The molecule has 1 aliphatic rings. The van der Waals surface area contributed by atoms with Gasteiger partial charge in [0.15, 0.2) is 0 Å². The first kappa shape index (κ1) is 12.3. The monoisotopic (exact) mass is 229 g/mol.